The van der Waals surface area contributed by atoms with E-state index in [4.69, 9.17) is 23.8 Å². The molecule has 0 atom stereocenters. The highest BCUT2D eigenvalue weighted by Crippen LogP contribution is 2.26. The Morgan fingerprint density at radius 2 is 1.71 bits per heavy atom. The summed E-state index contributed by atoms with van der Waals surface area (Å²) < 4.78 is 18.2. The van der Waals surface area contributed by atoms with Crippen LogP contribution < -0.4 is 0 Å². The third-order valence-electron chi connectivity index (χ3n) is 5.21. The minimum Gasteiger partial charge on any atom is -0.342 e. The van der Waals surface area contributed by atoms with Gasteiger partial charge in [-0.1, -0.05) is 23.7 Å². The second-order valence-corrected chi connectivity index (χ2v) is 8.06. The molecule has 0 bridgehead atoms. The molecule has 2 aromatic heterocycles. The summed E-state index contributed by atoms with van der Waals surface area (Å²) in [7, 11) is 0. The Morgan fingerprint density at radius 1 is 0.968 bits per heavy atom. The van der Waals surface area contributed by atoms with Crippen LogP contribution in [0, 0.1) is 10.6 Å². The van der Waals surface area contributed by atoms with E-state index in [0.717, 1.165) is 33.8 Å². The van der Waals surface area contributed by atoms with Crippen LogP contribution in [0.15, 0.2) is 79.0 Å². The predicted octanol–water partition coefficient (Wildman–Crippen LogP) is 6.59. The molecule has 1 N–H and O–H groups in total. The molecule has 2 heterocycles. The van der Waals surface area contributed by atoms with E-state index in [1.54, 1.807) is 12.1 Å². The summed E-state index contributed by atoms with van der Waals surface area (Å²) in [6.07, 6.45) is 2.71. The zero-order chi connectivity index (χ0) is 21.4. The number of nitrogens with one attached hydrogen (secondary N) is 1. The zero-order valence-corrected chi connectivity index (χ0v) is 18.0. The van der Waals surface area contributed by atoms with Gasteiger partial charge in [-0.3, -0.25) is 4.57 Å². The molecule has 0 aliphatic carbocycles. The van der Waals surface area contributed by atoms with Crippen LogP contribution in [0.25, 0.3) is 28.0 Å². The lowest BCUT2D eigenvalue weighted by Crippen LogP contribution is -2.03. The number of nitrogens with zero attached hydrogens (tertiary/aromatic N) is 3. The number of aryl methyl sites for hydroxylation is 2. The van der Waals surface area contributed by atoms with E-state index in [2.05, 4.69) is 9.97 Å². The summed E-state index contributed by atoms with van der Waals surface area (Å²) >= 11 is 11.9. The van der Waals surface area contributed by atoms with Crippen molar-refractivity contribution in [2.45, 2.75) is 13.0 Å². The van der Waals surface area contributed by atoms with Gasteiger partial charge in [0, 0.05) is 35.4 Å². The molecule has 3 aromatic carbocycles. The summed E-state index contributed by atoms with van der Waals surface area (Å²) in [6, 6.07) is 21.9. The quantitative estimate of drug-likeness (QED) is 0.308. The predicted molar refractivity (Wildman–Crippen MR) is 125 cm³/mol. The minimum absolute atomic E-state index is 0.273. The molecule has 0 saturated carbocycles. The standard InChI is InChI=1S/C24H18ClFN4S/c25-17-7-11-19(12-8-17)30-22(16-5-9-18(26)10-6-16)15-29(24(30)31)14-13-23-27-20-3-1-2-4-21(20)28-23/h1-12,15H,13-14H2,(H,27,28). The molecule has 0 aliphatic heterocycles. The molecule has 31 heavy (non-hydrogen) atoms. The lowest BCUT2D eigenvalue weighted by atomic mass is 10.1. The van der Waals surface area contributed by atoms with Crippen molar-refractivity contribution in [3.05, 3.63) is 100 Å². The molecule has 0 spiro atoms. The van der Waals surface area contributed by atoms with Crippen molar-refractivity contribution in [3.8, 4) is 16.9 Å². The first-order chi connectivity index (χ1) is 15.1. The number of aromatic amines is 1. The molecule has 7 heteroatoms. The van der Waals surface area contributed by atoms with E-state index in [0.29, 0.717) is 22.8 Å². The van der Waals surface area contributed by atoms with E-state index in [9.17, 15) is 4.39 Å². The summed E-state index contributed by atoms with van der Waals surface area (Å²) in [6.45, 7) is 0.660. The number of H-pyrrole nitrogens is 1. The lowest BCUT2D eigenvalue weighted by Gasteiger charge is -2.09. The summed E-state index contributed by atoms with van der Waals surface area (Å²) in [5.41, 5.74) is 4.64. The van der Waals surface area contributed by atoms with Gasteiger partial charge in [0.2, 0.25) is 0 Å². The average Bonchev–Trinajstić information content (AvgIpc) is 3.34. The van der Waals surface area contributed by atoms with Crippen molar-refractivity contribution in [2.75, 3.05) is 0 Å². The van der Waals surface area contributed by atoms with Gasteiger partial charge in [-0.05, 0) is 72.9 Å². The number of imidazole rings is 2. The highest BCUT2D eigenvalue weighted by Gasteiger charge is 2.13. The van der Waals surface area contributed by atoms with Crippen molar-refractivity contribution >= 4 is 34.9 Å². The molecule has 0 saturated heterocycles. The summed E-state index contributed by atoms with van der Waals surface area (Å²) in [5, 5.41) is 0.655. The SMILES string of the molecule is Fc1ccc(-c2cn(CCc3nc4ccccc4[nH]3)c(=S)n2-c2ccc(Cl)cc2)cc1. The molecule has 0 fully saturated rings. The fourth-order valence-electron chi connectivity index (χ4n) is 3.67. The molecular weight excluding hydrogens is 431 g/mol. The summed E-state index contributed by atoms with van der Waals surface area (Å²) in [5.74, 6) is 0.635. The van der Waals surface area contributed by atoms with Gasteiger partial charge in [-0.2, -0.15) is 0 Å². The first-order valence-corrected chi connectivity index (χ1v) is 10.6. The highest BCUT2D eigenvalue weighted by atomic mass is 35.5. The van der Waals surface area contributed by atoms with E-state index in [-0.39, 0.29) is 5.82 Å². The third kappa shape index (κ3) is 3.92. The van der Waals surface area contributed by atoms with Crippen molar-refractivity contribution in [3.63, 3.8) is 0 Å². The number of hydrogen-bond donors (Lipinski definition) is 1. The number of halogens is 2. The van der Waals surface area contributed by atoms with Gasteiger partial charge in [0.25, 0.3) is 0 Å². The van der Waals surface area contributed by atoms with Crippen LogP contribution in [-0.4, -0.2) is 19.1 Å². The van der Waals surface area contributed by atoms with Crippen LogP contribution >= 0.6 is 23.8 Å². The van der Waals surface area contributed by atoms with Crippen LogP contribution in [-0.2, 0) is 13.0 Å². The number of hydrogen-bond acceptors (Lipinski definition) is 2. The lowest BCUT2D eigenvalue weighted by molar-refractivity contribution is 0.628. The van der Waals surface area contributed by atoms with Crippen LogP contribution in [0.1, 0.15) is 5.82 Å². The largest absolute Gasteiger partial charge is 0.342 e. The highest BCUT2D eigenvalue weighted by molar-refractivity contribution is 7.71. The topological polar surface area (TPSA) is 38.5 Å². The number of aromatic nitrogens is 4. The smallest absolute Gasteiger partial charge is 0.184 e. The number of fused-ring (bicyclic) bond motifs is 1. The van der Waals surface area contributed by atoms with E-state index in [1.165, 1.54) is 12.1 Å². The molecule has 5 rings (SSSR count). The molecule has 0 aliphatic rings. The van der Waals surface area contributed by atoms with Gasteiger partial charge in [-0.15, -0.1) is 0 Å². The molecule has 154 valence electrons. The minimum atomic E-state index is -0.273. The molecule has 5 aromatic rings. The van der Waals surface area contributed by atoms with E-state index >= 15 is 0 Å². The van der Waals surface area contributed by atoms with Gasteiger partial charge >= 0.3 is 0 Å². The monoisotopic (exact) mass is 448 g/mol. The van der Waals surface area contributed by atoms with Gasteiger partial charge in [0.05, 0.1) is 16.7 Å². The number of para-hydroxylation sites is 2. The van der Waals surface area contributed by atoms with Crippen LogP contribution in [0.2, 0.25) is 5.02 Å². The third-order valence-corrected chi connectivity index (χ3v) is 5.88. The molecule has 4 nitrogen and oxygen atoms in total. The fourth-order valence-corrected chi connectivity index (χ4v) is 4.14. The first kappa shape index (κ1) is 19.7. The van der Waals surface area contributed by atoms with Gasteiger partial charge < -0.3 is 9.55 Å². The van der Waals surface area contributed by atoms with Gasteiger partial charge in [0.1, 0.15) is 11.6 Å². The Bertz CT molecular complexity index is 1380. The summed E-state index contributed by atoms with van der Waals surface area (Å²) in [4.78, 5) is 8.02. The Morgan fingerprint density at radius 3 is 2.45 bits per heavy atom. The van der Waals surface area contributed by atoms with Crippen molar-refractivity contribution < 1.29 is 4.39 Å². The van der Waals surface area contributed by atoms with Crippen molar-refractivity contribution in [1.29, 1.82) is 0 Å². The van der Waals surface area contributed by atoms with Crippen molar-refractivity contribution in [2.24, 2.45) is 0 Å². The van der Waals surface area contributed by atoms with Crippen molar-refractivity contribution in [1.82, 2.24) is 19.1 Å². The normalized spacial score (nSPS) is 11.3. The molecule has 0 amide bonds. The average molecular weight is 449 g/mol. The fraction of sp³-hybridized carbons (Fsp3) is 0.0833. The Hall–Kier alpha value is -3.22. The maximum absolute atomic E-state index is 13.5. The van der Waals surface area contributed by atoms with Crippen LogP contribution in [0.3, 0.4) is 0 Å². The zero-order valence-electron chi connectivity index (χ0n) is 16.4. The molecular formula is C24H18ClFN4S. The maximum Gasteiger partial charge on any atom is 0.184 e. The van der Waals surface area contributed by atoms with Crippen LogP contribution in [0.5, 0.6) is 0 Å². The second kappa shape index (κ2) is 8.13. The Kier molecular flexibility index (Phi) is 5.18. The first-order valence-electron chi connectivity index (χ1n) is 9.86. The number of rotatable bonds is 5. The second-order valence-electron chi connectivity index (χ2n) is 7.26. The maximum atomic E-state index is 13.5. The van der Waals surface area contributed by atoms with E-state index in [1.807, 2.05) is 63.9 Å². The Balaban J connectivity index is 1.54. The Labute approximate surface area is 188 Å². The molecule has 0 radical (unpaired) electrons. The van der Waals surface area contributed by atoms with Crippen LogP contribution in [0.4, 0.5) is 4.39 Å². The van der Waals surface area contributed by atoms with Gasteiger partial charge in [0.15, 0.2) is 4.77 Å². The number of benzene rings is 3. The van der Waals surface area contributed by atoms with E-state index < -0.39 is 0 Å². The van der Waals surface area contributed by atoms with Gasteiger partial charge in [-0.25, -0.2) is 9.37 Å². The molecule has 0 unspecified atom stereocenters.